The molecule has 0 radical (unpaired) electrons. The number of hydrogen-bond donors (Lipinski definition) is 0. The first-order valence-corrected chi connectivity index (χ1v) is 6.99. The van der Waals surface area contributed by atoms with Crippen molar-refractivity contribution in [1.29, 1.82) is 0 Å². The number of rotatable bonds is 3. The van der Waals surface area contributed by atoms with Crippen LogP contribution in [0.25, 0.3) is 0 Å². The zero-order chi connectivity index (χ0) is 13.1. The lowest BCUT2D eigenvalue weighted by atomic mass is 10.2. The molecule has 2 aromatic rings. The third kappa shape index (κ3) is 3.09. The summed E-state index contributed by atoms with van der Waals surface area (Å²) in [7, 11) is 0. The lowest BCUT2D eigenvalue weighted by Crippen LogP contribution is -1.93. The predicted octanol–water partition coefficient (Wildman–Crippen LogP) is 5.41. The molecule has 0 aliphatic carbocycles. The quantitative estimate of drug-likeness (QED) is 0.649. The summed E-state index contributed by atoms with van der Waals surface area (Å²) in [4.78, 5) is 0. The van der Waals surface area contributed by atoms with Crippen LogP contribution in [0.5, 0.6) is 11.5 Å². The summed E-state index contributed by atoms with van der Waals surface area (Å²) in [5.74, 6) is -0.579. The smallest absolute Gasteiger partial charge is 0.167 e. The third-order valence-electron chi connectivity index (χ3n) is 2.25. The number of ether oxygens (including phenoxy) is 1. The van der Waals surface area contributed by atoms with Crippen molar-refractivity contribution in [3.63, 3.8) is 0 Å². The Balaban J connectivity index is 2.39. The summed E-state index contributed by atoms with van der Waals surface area (Å²) in [6.45, 7) is 0. The minimum Gasteiger partial charge on any atom is -0.454 e. The molecule has 1 nitrogen and oxygen atoms in total. The molecule has 0 bridgehead atoms. The standard InChI is InChI=1S/C13H8Br2F2O/c14-7-8-2-1-3-12(17)13(8)18-11-5-9(15)4-10(16)6-11/h1-6H,7H2. The Morgan fingerprint density at radius 1 is 1.11 bits per heavy atom. The van der Waals surface area contributed by atoms with Crippen molar-refractivity contribution in [1.82, 2.24) is 0 Å². The van der Waals surface area contributed by atoms with Gasteiger partial charge >= 0.3 is 0 Å². The van der Waals surface area contributed by atoms with E-state index in [1.54, 1.807) is 18.2 Å². The topological polar surface area (TPSA) is 9.23 Å². The number of para-hydroxylation sites is 1. The monoisotopic (exact) mass is 376 g/mol. The Morgan fingerprint density at radius 2 is 1.89 bits per heavy atom. The van der Waals surface area contributed by atoms with E-state index in [-0.39, 0.29) is 11.5 Å². The molecule has 0 amide bonds. The molecule has 2 aromatic carbocycles. The number of benzene rings is 2. The highest BCUT2D eigenvalue weighted by molar-refractivity contribution is 9.10. The second-order valence-corrected chi connectivity index (χ2v) is 5.05. The molecule has 94 valence electrons. The van der Waals surface area contributed by atoms with Gasteiger partial charge in [-0.25, -0.2) is 8.78 Å². The number of halogens is 4. The zero-order valence-electron chi connectivity index (χ0n) is 9.09. The second kappa shape index (κ2) is 5.80. The van der Waals surface area contributed by atoms with E-state index in [0.29, 0.717) is 15.4 Å². The molecule has 0 atom stereocenters. The van der Waals surface area contributed by atoms with E-state index in [4.69, 9.17) is 4.74 Å². The lowest BCUT2D eigenvalue weighted by Gasteiger charge is -2.11. The highest BCUT2D eigenvalue weighted by Crippen LogP contribution is 2.31. The van der Waals surface area contributed by atoms with Crippen molar-refractivity contribution in [2.75, 3.05) is 0 Å². The van der Waals surface area contributed by atoms with Gasteiger partial charge in [-0.2, -0.15) is 0 Å². The van der Waals surface area contributed by atoms with Crippen LogP contribution < -0.4 is 4.74 Å². The SMILES string of the molecule is Fc1cc(Br)cc(Oc2c(F)cccc2CBr)c1. The van der Waals surface area contributed by atoms with E-state index < -0.39 is 11.6 Å². The van der Waals surface area contributed by atoms with Gasteiger partial charge in [0.1, 0.15) is 11.6 Å². The van der Waals surface area contributed by atoms with Crippen LogP contribution in [0.3, 0.4) is 0 Å². The van der Waals surface area contributed by atoms with Crippen LogP contribution in [0.4, 0.5) is 8.78 Å². The maximum atomic E-state index is 13.7. The second-order valence-electron chi connectivity index (χ2n) is 3.57. The van der Waals surface area contributed by atoms with Crippen molar-refractivity contribution < 1.29 is 13.5 Å². The minimum atomic E-state index is -0.479. The molecule has 0 aliphatic heterocycles. The van der Waals surface area contributed by atoms with Gasteiger partial charge < -0.3 is 4.74 Å². The van der Waals surface area contributed by atoms with Crippen LogP contribution in [0.1, 0.15) is 5.56 Å². The summed E-state index contributed by atoms with van der Waals surface area (Å²) >= 11 is 6.41. The van der Waals surface area contributed by atoms with Gasteiger partial charge in [-0.1, -0.05) is 44.0 Å². The Kier molecular flexibility index (Phi) is 4.35. The molecule has 0 fully saturated rings. The van der Waals surface area contributed by atoms with Crippen molar-refractivity contribution >= 4 is 31.9 Å². The molecule has 0 aromatic heterocycles. The molecule has 2 rings (SSSR count). The Bertz CT molecular complexity index is 553. The fraction of sp³-hybridized carbons (Fsp3) is 0.0769. The van der Waals surface area contributed by atoms with E-state index in [2.05, 4.69) is 31.9 Å². The van der Waals surface area contributed by atoms with Gasteiger partial charge in [0.25, 0.3) is 0 Å². The average Bonchev–Trinajstić information content (AvgIpc) is 2.30. The average molecular weight is 378 g/mol. The van der Waals surface area contributed by atoms with E-state index in [9.17, 15) is 8.78 Å². The summed E-state index contributed by atoms with van der Waals surface area (Å²) < 4.78 is 32.8. The van der Waals surface area contributed by atoms with Gasteiger partial charge in [0.05, 0.1) is 0 Å². The largest absolute Gasteiger partial charge is 0.454 e. The molecule has 0 N–H and O–H groups in total. The van der Waals surface area contributed by atoms with E-state index in [1.807, 2.05) is 0 Å². The predicted molar refractivity (Wildman–Crippen MR) is 73.2 cm³/mol. The number of alkyl halides is 1. The van der Waals surface area contributed by atoms with Crippen LogP contribution in [0.15, 0.2) is 40.9 Å². The maximum Gasteiger partial charge on any atom is 0.167 e. The van der Waals surface area contributed by atoms with Crippen LogP contribution in [0.2, 0.25) is 0 Å². The Morgan fingerprint density at radius 3 is 2.56 bits per heavy atom. The molecular weight excluding hydrogens is 370 g/mol. The fourth-order valence-corrected chi connectivity index (χ4v) is 2.36. The van der Waals surface area contributed by atoms with Crippen molar-refractivity contribution in [2.24, 2.45) is 0 Å². The lowest BCUT2D eigenvalue weighted by molar-refractivity contribution is 0.434. The Labute approximate surface area is 120 Å². The summed E-state index contributed by atoms with van der Waals surface area (Å²) in [5.41, 5.74) is 0.662. The van der Waals surface area contributed by atoms with Gasteiger partial charge in [0.2, 0.25) is 0 Å². The van der Waals surface area contributed by atoms with Gasteiger partial charge in [-0.3, -0.25) is 0 Å². The van der Waals surface area contributed by atoms with E-state index in [0.717, 1.165) is 0 Å². The summed E-state index contributed by atoms with van der Waals surface area (Å²) in [5, 5.41) is 0.455. The number of hydrogen-bond acceptors (Lipinski definition) is 1. The van der Waals surface area contributed by atoms with Crippen molar-refractivity contribution in [3.8, 4) is 11.5 Å². The van der Waals surface area contributed by atoms with Gasteiger partial charge in [-0.05, 0) is 18.2 Å². The first kappa shape index (κ1) is 13.5. The zero-order valence-corrected chi connectivity index (χ0v) is 12.3. The van der Waals surface area contributed by atoms with E-state index >= 15 is 0 Å². The molecule has 18 heavy (non-hydrogen) atoms. The maximum absolute atomic E-state index is 13.7. The molecule has 0 saturated heterocycles. The van der Waals surface area contributed by atoms with Gasteiger partial charge in [0, 0.05) is 21.4 Å². The van der Waals surface area contributed by atoms with Crippen molar-refractivity contribution in [3.05, 3.63) is 58.1 Å². The summed E-state index contributed by atoms with van der Waals surface area (Å²) in [6, 6.07) is 8.72. The normalized spacial score (nSPS) is 10.4. The van der Waals surface area contributed by atoms with Gasteiger partial charge in [0.15, 0.2) is 11.6 Å². The molecule has 5 heteroatoms. The van der Waals surface area contributed by atoms with Crippen LogP contribution in [0, 0.1) is 11.6 Å². The minimum absolute atomic E-state index is 0.104. The van der Waals surface area contributed by atoms with Crippen LogP contribution in [-0.2, 0) is 5.33 Å². The molecule has 0 saturated carbocycles. The summed E-state index contributed by atoms with van der Waals surface area (Å²) in [6.07, 6.45) is 0. The van der Waals surface area contributed by atoms with E-state index in [1.165, 1.54) is 18.2 Å². The third-order valence-corrected chi connectivity index (χ3v) is 3.31. The Hall–Kier alpha value is -0.940. The molecule has 0 unspecified atom stereocenters. The molecule has 0 heterocycles. The molecule has 0 spiro atoms. The highest BCUT2D eigenvalue weighted by atomic mass is 79.9. The van der Waals surface area contributed by atoms with Gasteiger partial charge in [-0.15, -0.1) is 0 Å². The van der Waals surface area contributed by atoms with Crippen LogP contribution in [-0.4, -0.2) is 0 Å². The first-order chi connectivity index (χ1) is 8.60. The molecular formula is C13H8Br2F2O. The van der Waals surface area contributed by atoms with Crippen LogP contribution >= 0.6 is 31.9 Å². The fourth-order valence-electron chi connectivity index (χ4n) is 1.48. The first-order valence-electron chi connectivity index (χ1n) is 5.07. The molecule has 0 aliphatic rings. The highest BCUT2D eigenvalue weighted by Gasteiger charge is 2.11. The van der Waals surface area contributed by atoms with Crippen molar-refractivity contribution in [2.45, 2.75) is 5.33 Å².